The first-order valence-corrected chi connectivity index (χ1v) is 7.75. The average Bonchev–Trinajstić information content (AvgIpc) is 2.84. The number of nitrogens with zero attached hydrogens (tertiary/aromatic N) is 1. The van der Waals surface area contributed by atoms with E-state index in [1.807, 2.05) is 0 Å². The van der Waals surface area contributed by atoms with E-state index >= 15 is 0 Å². The molecular formula is C18H14ClNO4. The van der Waals surface area contributed by atoms with Crippen LogP contribution in [0.25, 0.3) is 0 Å². The van der Waals surface area contributed by atoms with Crippen LogP contribution in [0.2, 0.25) is 5.02 Å². The lowest BCUT2D eigenvalue weighted by Gasteiger charge is -2.20. The second-order valence-corrected chi connectivity index (χ2v) is 5.88. The van der Waals surface area contributed by atoms with Crippen LogP contribution in [-0.4, -0.2) is 28.7 Å². The molecule has 0 bridgehead atoms. The van der Waals surface area contributed by atoms with Crippen LogP contribution in [0.1, 0.15) is 33.2 Å². The molecule has 2 aromatic rings. The minimum absolute atomic E-state index is 0.0207. The van der Waals surface area contributed by atoms with E-state index in [-0.39, 0.29) is 6.61 Å². The van der Waals surface area contributed by atoms with Crippen LogP contribution >= 0.6 is 11.6 Å². The van der Waals surface area contributed by atoms with Crippen LogP contribution in [0.15, 0.2) is 48.5 Å². The van der Waals surface area contributed by atoms with Gasteiger partial charge in [0, 0.05) is 5.02 Å². The van der Waals surface area contributed by atoms with E-state index in [0.717, 1.165) is 10.5 Å². The third kappa shape index (κ3) is 2.90. The van der Waals surface area contributed by atoms with Gasteiger partial charge in [-0.05, 0) is 36.8 Å². The Morgan fingerprint density at radius 2 is 1.71 bits per heavy atom. The third-order valence-electron chi connectivity index (χ3n) is 3.82. The predicted octanol–water partition coefficient (Wildman–Crippen LogP) is 3.07. The summed E-state index contributed by atoms with van der Waals surface area (Å²) in [6.07, 6.45) is 0. The fourth-order valence-electron chi connectivity index (χ4n) is 2.57. The molecule has 1 heterocycles. The number of benzene rings is 2. The zero-order chi connectivity index (χ0) is 17.3. The highest BCUT2D eigenvalue weighted by Crippen LogP contribution is 2.25. The van der Waals surface area contributed by atoms with E-state index in [0.29, 0.717) is 16.1 Å². The number of hydrogen-bond acceptors (Lipinski definition) is 4. The number of esters is 1. The Morgan fingerprint density at radius 3 is 2.29 bits per heavy atom. The zero-order valence-electron chi connectivity index (χ0n) is 12.9. The molecule has 3 rings (SSSR count). The van der Waals surface area contributed by atoms with Gasteiger partial charge in [0.1, 0.15) is 12.6 Å². The highest BCUT2D eigenvalue weighted by atomic mass is 35.5. The molecule has 0 aromatic heterocycles. The van der Waals surface area contributed by atoms with Gasteiger partial charge in [-0.3, -0.25) is 14.5 Å². The van der Waals surface area contributed by atoms with Crippen LogP contribution in [0, 0.1) is 0 Å². The molecule has 0 radical (unpaired) electrons. The highest BCUT2D eigenvalue weighted by Gasteiger charge is 2.41. The van der Waals surface area contributed by atoms with Gasteiger partial charge >= 0.3 is 5.97 Å². The molecule has 0 saturated carbocycles. The van der Waals surface area contributed by atoms with Crippen molar-refractivity contribution in [3.05, 3.63) is 70.2 Å². The van der Waals surface area contributed by atoms with E-state index < -0.39 is 23.8 Å². The van der Waals surface area contributed by atoms with Crippen molar-refractivity contribution in [1.82, 2.24) is 4.90 Å². The Balaban J connectivity index is 1.70. The minimum Gasteiger partial charge on any atom is -0.459 e. The first-order valence-electron chi connectivity index (χ1n) is 7.37. The number of fused-ring (bicyclic) bond motifs is 1. The van der Waals surface area contributed by atoms with Crippen molar-refractivity contribution in [1.29, 1.82) is 0 Å². The summed E-state index contributed by atoms with van der Waals surface area (Å²) in [5, 5.41) is 0.539. The molecule has 0 N–H and O–H groups in total. The number of halogens is 1. The number of rotatable bonds is 4. The van der Waals surface area contributed by atoms with Gasteiger partial charge in [0.25, 0.3) is 11.8 Å². The Labute approximate surface area is 143 Å². The van der Waals surface area contributed by atoms with Gasteiger partial charge in [-0.25, -0.2) is 4.79 Å². The van der Waals surface area contributed by atoms with Crippen LogP contribution in [-0.2, 0) is 16.1 Å². The second-order valence-electron chi connectivity index (χ2n) is 5.44. The summed E-state index contributed by atoms with van der Waals surface area (Å²) < 4.78 is 5.21. The van der Waals surface area contributed by atoms with Crippen molar-refractivity contribution in [2.75, 3.05) is 0 Å². The molecule has 0 aliphatic carbocycles. The third-order valence-corrected chi connectivity index (χ3v) is 4.06. The SMILES string of the molecule is C[C@H](C(=O)OCc1cccc(Cl)c1)N1C(=O)c2ccccc2C1=O. The fourth-order valence-corrected chi connectivity index (χ4v) is 2.78. The maximum atomic E-state index is 12.4. The Bertz CT molecular complexity index is 798. The lowest BCUT2D eigenvalue weighted by molar-refractivity contribution is -0.149. The summed E-state index contributed by atoms with van der Waals surface area (Å²) in [6.45, 7) is 1.49. The topological polar surface area (TPSA) is 63.7 Å². The maximum absolute atomic E-state index is 12.4. The van der Waals surface area contributed by atoms with E-state index in [1.54, 1.807) is 48.5 Å². The number of carbonyl (C=O) groups is 3. The summed E-state index contributed by atoms with van der Waals surface area (Å²) in [6, 6.07) is 12.4. The number of ether oxygens (including phenoxy) is 1. The van der Waals surface area contributed by atoms with Crippen LogP contribution < -0.4 is 0 Å². The maximum Gasteiger partial charge on any atom is 0.329 e. The molecule has 24 heavy (non-hydrogen) atoms. The van der Waals surface area contributed by atoms with Crippen LogP contribution in [0.5, 0.6) is 0 Å². The van der Waals surface area contributed by atoms with Crippen molar-refractivity contribution in [2.45, 2.75) is 19.6 Å². The summed E-state index contributed by atoms with van der Waals surface area (Å²) in [4.78, 5) is 37.9. The summed E-state index contributed by atoms with van der Waals surface area (Å²) >= 11 is 5.88. The lowest BCUT2D eigenvalue weighted by atomic mass is 10.1. The molecule has 0 spiro atoms. The van der Waals surface area contributed by atoms with Crippen molar-refractivity contribution < 1.29 is 19.1 Å². The van der Waals surface area contributed by atoms with E-state index in [9.17, 15) is 14.4 Å². The average molecular weight is 344 g/mol. The van der Waals surface area contributed by atoms with Gasteiger partial charge in [0.2, 0.25) is 0 Å². The van der Waals surface area contributed by atoms with Crippen molar-refractivity contribution >= 4 is 29.4 Å². The van der Waals surface area contributed by atoms with Gasteiger partial charge in [-0.2, -0.15) is 0 Å². The van der Waals surface area contributed by atoms with E-state index in [1.165, 1.54) is 6.92 Å². The minimum atomic E-state index is -1.00. The van der Waals surface area contributed by atoms with E-state index in [4.69, 9.17) is 16.3 Å². The molecular weight excluding hydrogens is 330 g/mol. The molecule has 1 aliphatic heterocycles. The molecule has 1 aliphatic rings. The number of carbonyl (C=O) groups excluding carboxylic acids is 3. The summed E-state index contributed by atoms with van der Waals surface area (Å²) in [5.74, 6) is -1.62. The molecule has 1 atom stereocenters. The monoisotopic (exact) mass is 343 g/mol. The Hall–Kier alpha value is -2.66. The van der Waals surface area contributed by atoms with Crippen molar-refractivity contribution in [3.8, 4) is 0 Å². The van der Waals surface area contributed by atoms with Gasteiger partial charge in [0.05, 0.1) is 11.1 Å². The van der Waals surface area contributed by atoms with Crippen LogP contribution in [0.4, 0.5) is 0 Å². The largest absolute Gasteiger partial charge is 0.459 e. The summed E-state index contributed by atoms with van der Waals surface area (Å²) in [7, 11) is 0. The quantitative estimate of drug-likeness (QED) is 0.632. The molecule has 5 nitrogen and oxygen atoms in total. The number of amides is 2. The van der Waals surface area contributed by atoms with E-state index in [2.05, 4.69) is 0 Å². The van der Waals surface area contributed by atoms with Gasteiger partial charge in [-0.15, -0.1) is 0 Å². The van der Waals surface area contributed by atoms with Gasteiger partial charge in [-0.1, -0.05) is 35.9 Å². The van der Waals surface area contributed by atoms with Gasteiger partial charge in [0.15, 0.2) is 0 Å². The number of hydrogen-bond donors (Lipinski definition) is 0. The van der Waals surface area contributed by atoms with Crippen LogP contribution in [0.3, 0.4) is 0 Å². The first kappa shape index (κ1) is 16.2. The smallest absolute Gasteiger partial charge is 0.329 e. The standard InChI is InChI=1S/C18H14ClNO4/c1-11(18(23)24-10-12-5-4-6-13(19)9-12)20-16(21)14-7-2-3-8-15(14)17(20)22/h2-9,11H,10H2,1H3/t11-/m1/s1. The molecule has 2 aromatic carbocycles. The van der Waals surface area contributed by atoms with Crippen molar-refractivity contribution in [3.63, 3.8) is 0 Å². The molecule has 122 valence electrons. The Morgan fingerprint density at radius 1 is 1.08 bits per heavy atom. The normalized spacial score (nSPS) is 14.5. The fraction of sp³-hybridized carbons (Fsp3) is 0.167. The summed E-state index contributed by atoms with van der Waals surface area (Å²) in [5.41, 5.74) is 1.33. The molecule has 0 unspecified atom stereocenters. The first-order chi connectivity index (χ1) is 11.5. The van der Waals surface area contributed by atoms with Gasteiger partial charge < -0.3 is 4.74 Å². The number of imide groups is 1. The molecule has 6 heteroatoms. The molecule has 0 saturated heterocycles. The Kier molecular flexibility index (Phi) is 4.36. The lowest BCUT2D eigenvalue weighted by Crippen LogP contribution is -2.43. The second kappa shape index (κ2) is 6.45. The predicted molar refractivity (Wildman–Crippen MR) is 87.7 cm³/mol. The molecule has 0 fully saturated rings. The molecule has 2 amide bonds. The van der Waals surface area contributed by atoms with Crippen molar-refractivity contribution in [2.24, 2.45) is 0 Å². The highest BCUT2D eigenvalue weighted by molar-refractivity contribution is 6.30. The zero-order valence-corrected chi connectivity index (χ0v) is 13.6.